The average Bonchev–Trinajstić information content (AvgIpc) is 3.10. The molecule has 1 aliphatic carbocycles. The van der Waals surface area contributed by atoms with Crippen molar-refractivity contribution in [3.63, 3.8) is 0 Å². The molecule has 1 atom stereocenters. The van der Waals surface area contributed by atoms with E-state index in [2.05, 4.69) is 37.8 Å². The molecule has 19 heavy (non-hydrogen) atoms. The van der Waals surface area contributed by atoms with E-state index in [0.717, 1.165) is 0 Å². The number of carbonyl (C=O) groups is 1. The van der Waals surface area contributed by atoms with E-state index in [9.17, 15) is 4.79 Å². The number of nitrogens with zero attached hydrogens (tertiary/aromatic N) is 1. The third kappa shape index (κ3) is 3.09. The van der Waals surface area contributed by atoms with Crippen molar-refractivity contribution in [2.75, 3.05) is 11.4 Å². The van der Waals surface area contributed by atoms with Gasteiger partial charge in [-0.15, -0.1) is 0 Å². The number of benzene rings is 1. The molecule has 1 N–H and O–H groups in total. The van der Waals surface area contributed by atoms with E-state index in [1.54, 1.807) is 0 Å². The summed E-state index contributed by atoms with van der Waals surface area (Å²) < 4.78 is 0. The number of hydrogen-bond acceptors (Lipinski definition) is 2. The maximum Gasteiger partial charge on any atom is 0.305 e. The highest BCUT2D eigenvalue weighted by molar-refractivity contribution is 5.68. The zero-order valence-electron chi connectivity index (χ0n) is 12.0. The van der Waals surface area contributed by atoms with Crippen molar-refractivity contribution in [2.24, 2.45) is 5.41 Å². The minimum absolute atomic E-state index is 0.189. The first kappa shape index (κ1) is 13.9. The number of carboxylic acid groups (broad SMARTS) is 1. The van der Waals surface area contributed by atoms with Gasteiger partial charge in [0.05, 0.1) is 6.42 Å². The van der Waals surface area contributed by atoms with Crippen LogP contribution >= 0.6 is 0 Å². The summed E-state index contributed by atoms with van der Waals surface area (Å²) in [6.45, 7) is 7.19. The second-order valence-electron chi connectivity index (χ2n) is 5.95. The molecular weight excluding hydrogens is 238 g/mol. The van der Waals surface area contributed by atoms with E-state index >= 15 is 0 Å². The summed E-state index contributed by atoms with van der Waals surface area (Å²) in [6, 6.07) is 8.62. The van der Waals surface area contributed by atoms with Crippen molar-refractivity contribution in [3.05, 3.63) is 29.8 Å². The van der Waals surface area contributed by atoms with Gasteiger partial charge in [-0.3, -0.25) is 4.79 Å². The van der Waals surface area contributed by atoms with Gasteiger partial charge in [-0.2, -0.15) is 0 Å². The Morgan fingerprint density at radius 2 is 2.05 bits per heavy atom. The van der Waals surface area contributed by atoms with E-state index in [1.807, 2.05) is 12.1 Å². The molecule has 1 aromatic rings. The van der Waals surface area contributed by atoms with Crippen LogP contribution in [0.1, 0.15) is 38.7 Å². The fourth-order valence-electron chi connectivity index (χ4n) is 2.62. The highest BCUT2D eigenvalue weighted by atomic mass is 16.4. The van der Waals surface area contributed by atoms with Crippen molar-refractivity contribution in [1.29, 1.82) is 0 Å². The first-order chi connectivity index (χ1) is 8.94. The van der Waals surface area contributed by atoms with E-state index in [-0.39, 0.29) is 6.42 Å². The first-order valence-electron chi connectivity index (χ1n) is 6.98. The van der Waals surface area contributed by atoms with Crippen LogP contribution in [0.3, 0.4) is 0 Å². The third-order valence-electron chi connectivity index (χ3n) is 4.51. The fourth-order valence-corrected chi connectivity index (χ4v) is 2.62. The van der Waals surface area contributed by atoms with Gasteiger partial charge in [0, 0.05) is 18.3 Å². The Hall–Kier alpha value is -1.51. The van der Waals surface area contributed by atoms with Crippen molar-refractivity contribution < 1.29 is 9.90 Å². The Labute approximate surface area is 115 Å². The Balaban J connectivity index is 2.23. The van der Waals surface area contributed by atoms with Gasteiger partial charge in [-0.1, -0.05) is 25.1 Å². The van der Waals surface area contributed by atoms with Crippen LogP contribution in [0.25, 0.3) is 0 Å². The molecule has 0 heterocycles. The highest BCUT2D eigenvalue weighted by Gasteiger charge is 2.45. The van der Waals surface area contributed by atoms with Gasteiger partial charge in [0.1, 0.15) is 0 Å². The fraction of sp³-hybridized carbons (Fsp3) is 0.562. The summed E-state index contributed by atoms with van der Waals surface area (Å²) in [4.78, 5) is 13.2. The molecule has 1 saturated carbocycles. The largest absolute Gasteiger partial charge is 0.481 e. The third-order valence-corrected chi connectivity index (χ3v) is 4.51. The maximum absolute atomic E-state index is 10.9. The zero-order valence-corrected chi connectivity index (χ0v) is 12.0. The van der Waals surface area contributed by atoms with E-state index in [4.69, 9.17) is 5.11 Å². The smallest absolute Gasteiger partial charge is 0.305 e. The molecule has 1 fully saturated rings. The Bertz CT molecular complexity index is 466. The summed E-state index contributed by atoms with van der Waals surface area (Å²) in [5, 5.41) is 8.95. The summed E-state index contributed by atoms with van der Waals surface area (Å²) in [5.74, 6) is -0.730. The predicted octanol–water partition coefficient (Wildman–Crippen LogP) is 3.46. The molecule has 1 unspecified atom stereocenters. The Morgan fingerprint density at radius 3 is 2.58 bits per heavy atom. The Kier molecular flexibility index (Phi) is 3.83. The quantitative estimate of drug-likeness (QED) is 0.852. The molecule has 0 aliphatic heterocycles. The molecule has 0 bridgehead atoms. The molecule has 0 radical (unpaired) electrons. The maximum atomic E-state index is 10.9. The minimum Gasteiger partial charge on any atom is -0.481 e. The standard InChI is InChI=1S/C16H23NO2/c1-12-6-4-5-7-14(12)17(11-8-15(18)19)13(2)16(3)9-10-16/h4-7,13H,8-11H2,1-3H3,(H,18,19). The summed E-state index contributed by atoms with van der Waals surface area (Å²) in [6.07, 6.45) is 2.67. The van der Waals surface area contributed by atoms with Crippen molar-refractivity contribution in [1.82, 2.24) is 0 Å². The molecule has 3 nitrogen and oxygen atoms in total. The van der Waals surface area contributed by atoms with Crippen LogP contribution in [0.2, 0.25) is 0 Å². The molecule has 0 saturated heterocycles. The molecule has 1 aliphatic rings. The van der Waals surface area contributed by atoms with Crippen LogP contribution in [0, 0.1) is 12.3 Å². The van der Waals surface area contributed by atoms with Crippen molar-refractivity contribution >= 4 is 11.7 Å². The molecule has 0 spiro atoms. The second kappa shape index (κ2) is 5.24. The lowest BCUT2D eigenvalue weighted by atomic mass is 9.97. The second-order valence-corrected chi connectivity index (χ2v) is 5.95. The lowest BCUT2D eigenvalue weighted by Crippen LogP contribution is -2.40. The number of rotatable bonds is 6. The van der Waals surface area contributed by atoms with E-state index < -0.39 is 5.97 Å². The molecule has 0 amide bonds. The van der Waals surface area contributed by atoms with Gasteiger partial charge in [0.15, 0.2) is 0 Å². The number of para-hydroxylation sites is 1. The van der Waals surface area contributed by atoms with Crippen LogP contribution in [0.5, 0.6) is 0 Å². The predicted molar refractivity (Wildman–Crippen MR) is 77.6 cm³/mol. The van der Waals surface area contributed by atoms with Crippen LogP contribution in [-0.4, -0.2) is 23.7 Å². The molecule has 2 rings (SSSR count). The van der Waals surface area contributed by atoms with Crippen LogP contribution in [0.15, 0.2) is 24.3 Å². The number of aryl methyl sites for hydroxylation is 1. The number of anilines is 1. The molecule has 1 aromatic carbocycles. The average molecular weight is 261 g/mol. The molecule has 104 valence electrons. The minimum atomic E-state index is -0.730. The zero-order chi connectivity index (χ0) is 14.0. The lowest BCUT2D eigenvalue weighted by Gasteiger charge is -2.36. The van der Waals surface area contributed by atoms with Gasteiger partial charge in [-0.25, -0.2) is 0 Å². The number of hydrogen-bond donors (Lipinski definition) is 1. The molecular formula is C16H23NO2. The summed E-state index contributed by atoms with van der Waals surface area (Å²) >= 11 is 0. The van der Waals surface area contributed by atoms with Gasteiger partial charge in [0.25, 0.3) is 0 Å². The Morgan fingerprint density at radius 1 is 1.42 bits per heavy atom. The van der Waals surface area contributed by atoms with Gasteiger partial charge >= 0.3 is 5.97 Å². The SMILES string of the molecule is Cc1ccccc1N(CCC(=O)O)C(C)C1(C)CC1. The number of carboxylic acids is 1. The molecule has 3 heteroatoms. The molecule has 0 aromatic heterocycles. The van der Waals surface area contributed by atoms with Crippen molar-refractivity contribution in [3.8, 4) is 0 Å². The lowest BCUT2D eigenvalue weighted by molar-refractivity contribution is -0.136. The normalized spacial score (nSPS) is 17.8. The van der Waals surface area contributed by atoms with Crippen molar-refractivity contribution in [2.45, 2.75) is 46.1 Å². The van der Waals surface area contributed by atoms with Crippen LogP contribution < -0.4 is 4.90 Å². The summed E-state index contributed by atoms with van der Waals surface area (Å²) in [7, 11) is 0. The van der Waals surface area contributed by atoms with Gasteiger partial charge in [0.2, 0.25) is 0 Å². The van der Waals surface area contributed by atoms with E-state index in [0.29, 0.717) is 18.0 Å². The highest BCUT2D eigenvalue weighted by Crippen LogP contribution is 2.50. The number of aliphatic carboxylic acids is 1. The monoisotopic (exact) mass is 261 g/mol. The van der Waals surface area contributed by atoms with Gasteiger partial charge in [-0.05, 0) is 43.7 Å². The van der Waals surface area contributed by atoms with Crippen LogP contribution in [0.4, 0.5) is 5.69 Å². The first-order valence-corrected chi connectivity index (χ1v) is 6.98. The summed E-state index contributed by atoms with van der Waals surface area (Å²) in [5.41, 5.74) is 2.73. The van der Waals surface area contributed by atoms with Gasteiger partial charge < -0.3 is 10.0 Å². The van der Waals surface area contributed by atoms with E-state index in [1.165, 1.54) is 24.1 Å². The van der Waals surface area contributed by atoms with Crippen LogP contribution in [-0.2, 0) is 4.79 Å². The topological polar surface area (TPSA) is 40.5 Å².